The number of nitrogens with zero attached hydrogens (tertiary/aromatic N) is 4. The Morgan fingerprint density at radius 1 is 1.27 bits per heavy atom. The number of halogens is 2. The smallest absolute Gasteiger partial charge is 0.319 e. The van der Waals surface area contributed by atoms with E-state index >= 15 is 0 Å². The van der Waals surface area contributed by atoms with E-state index in [9.17, 15) is 13.6 Å². The largest absolute Gasteiger partial charge is 0.333 e. The van der Waals surface area contributed by atoms with Gasteiger partial charge in [-0.1, -0.05) is 30.3 Å². The Kier molecular flexibility index (Phi) is 5.41. The van der Waals surface area contributed by atoms with Gasteiger partial charge in [0.05, 0.1) is 12.1 Å². The number of amides is 1. The van der Waals surface area contributed by atoms with Crippen LogP contribution in [-0.4, -0.2) is 20.3 Å². The van der Waals surface area contributed by atoms with Crippen LogP contribution in [0.3, 0.4) is 0 Å². The minimum atomic E-state index is -2.72. The highest BCUT2D eigenvalue weighted by Crippen LogP contribution is 2.19. The molecule has 5 nitrogen and oxygen atoms in total. The second-order valence-electron chi connectivity index (χ2n) is 5.85. The molecule has 0 aliphatic rings. The molecule has 0 N–H and O–H groups in total. The van der Waals surface area contributed by atoms with Gasteiger partial charge in [0, 0.05) is 29.4 Å². The number of carbonyl (C=O) groups excluding carboxylic acids is 1. The van der Waals surface area contributed by atoms with Crippen LogP contribution < -0.4 is 4.80 Å². The van der Waals surface area contributed by atoms with Crippen molar-refractivity contribution in [3.63, 3.8) is 0 Å². The fourth-order valence-electron chi connectivity index (χ4n) is 2.73. The molecule has 0 atom stereocenters. The minimum Gasteiger partial charge on any atom is -0.319 e. The van der Waals surface area contributed by atoms with Crippen LogP contribution in [0.2, 0.25) is 0 Å². The predicted molar refractivity (Wildman–Crippen MR) is 95.1 cm³/mol. The Bertz CT molecular complexity index is 973. The van der Waals surface area contributed by atoms with Crippen molar-refractivity contribution < 1.29 is 13.6 Å². The van der Waals surface area contributed by atoms with Gasteiger partial charge in [0.1, 0.15) is 0 Å². The quantitative estimate of drug-likeness (QED) is 0.685. The predicted octanol–water partition coefficient (Wildman–Crippen LogP) is 3.48. The van der Waals surface area contributed by atoms with Crippen molar-refractivity contribution in [3.05, 3.63) is 69.2 Å². The Hall–Kier alpha value is -2.61. The summed E-state index contributed by atoms with van der Waals surface area (Å²) in [5, 5.41) is 5.66. The summed E-state index contributed by atoms with van der Waals surface area (Å²) in [6.45, 7) is 1.04. The van der Waals surface area contributed by atoms with Crippen LogP contribution in [0, 0.1) is 13.8 Å². The summed E-state index contributed by atoms with van der Waals surface area (Å²) in [6, 6.07) is 9.86. The molecule has 0 aliphatic heterocycles. The van der Waals surface area contributed by atoms with E-state index in [1.807, 2.05) is 46.5 Å². The highest BCUT2D eigenvalue weighted by atomic mass is 32.1. The minimum absolute atomic E-state index is 0.0480. The van der Waals surface area contributed by atoms with Gasteiger partial charge in [0.25, 0.3) is 5.91 Å². The molecule has 8 heteroatoms. The number of carbonyl (C=O) groups is 1. The molecule has 2 heterocycles. The maximum absolute atomic E-state index is 12.9. The molecule has 2 aromatic heterocycles. The molecule has 0 saturated heterocycles. The van der Waals surface area contributed by atoms with Gasteiger partial charge in [0.2, 0.25) is 0 Å². The molecule has 1 aromatic carbocycles. The first-order valence-electron chi connectivity index (χ1n) is 8.04. The third-order valence-corrected chi connectivity index (χ3v) is 4.86. The highest BCUT2D eigenvalue weighted by Gasteiger charge is 2.19. The molecule has 0 fully saturated rings. The van der Waals surface area contributed by atoms with Crippen LogP contribution in [-0.2, 0) is 17.8 Å². The van der Waals surface area contributed by atoms with Crippen molar-refractivity contribution in [2.45, 2.75) is 33.4 Å². The van der Waals surface area contributed by atoms with E-state index in [2.05, 4.69) is 10.1 Å². The second-order valence-corrected chi connectivity index (χ2v) is 6.73. The zero-order valence-corrected chi connectivity index (χ0v) is 15.2. The van der Waals surface area contributed by atoms with Crippen molar-refractivity contribution in [1.29, 1.82) is 0 Å². The molecular weight excluding hydrogens is 358 g/mol. The molecule has 0 radical (unpaired) electrons. The maximum atomic E-state index is 12.9. The van der Waals surface area contributed by atoms with Crippen molar-refractivity contribution in [2.75, 3.05) is 0 Å². The first kappa shape index (κ1) is 18.2. The lowest BCUT2D eigenvalue weighted by atomic mass is 10.1. The lowest BCUT2D eigenvalue weighted by molar-refractivity contribution is -0.117. The topological polar surface area (TPSA) is 52.2 Å². The summed E-state index contributed by atoms with van der Waals surface area (Å²) in [6.07, 6.45) is 1.82. The molecule has 0 aliphatic carbocycles. The first-order chi connectivity index (χ1) is 12.5. The zero-order valence-electron chi connectivity index (χ0n) is 14.4. The van der Waals surface area contributed by atoms with E-state index in [1.54, 1.807) is 6.92 Å². The average molecular weight is 376 g/mol. The normalized spacial score (nSPS) is 12.1. The molecule has 3 aromatic rings. The van der Waals surface area contributed by atoms with Crippen LogP contribution in [0.1, 0.15) is 29.1 Å². The summed E-state index contributed by atoms with van der Waals surface area (Å²) in [4.78, 5) is 17.1. The monoisotopic (exact) mass is 376 g/mol. The van der Waals surface area contributed by atoms with Gasteiger partial charge in [-0.25, -0.2) is 4.68 Å². The molecule has 26 heavy (non-hydrogen) atoms. The zero-order chi connectivity index (χ0) is 18.7. The van der Waals surface area contributed by atoms with Crippen molar-refractivity contribution >= 4 is 17.2 Å². The maximum Gasteiger partial charge on any atom is 0.333 e. The van der Waals surface area contributed by atoms with Gasteiger partial charge in [0.15, 0.2) is 4.80 Å². The fraction of sp³-hybridized carbons (Fsp3) is 0.278. The Morgan fingerprint density at radius 3 is 2.65 bits per heavy atom. The first-order valence-corrected chi connectivity index (χ1v) is 8.92. The molecule has 0 unspecified atom stereocenters. The Balaban J connectivity index is 1.82. The van der Waals surface area contributed by atoms with Crippen LogP contribution in [0.4, 0.5) is 8.78 Å². The third kappa shape index (κ3) is 3.96. The van der Waals surface area contributed by atoms with E-state index in [1.165, 1.54) is 18.3 Å². The molecule has 0 spiro atoms. The van der Waals surface area contributed by atoms with Gasteiger partial charge in [-0.05, 0) is 19.4 Å². The van der Waals surface area contributed by atoms with Gasteiger partial charge in [-0.3, -0.25) is 4.79 Å². The van der Waals surface area contributed by atoms with Crippen molar-refractivity contribution in [2.24, 2.45) is 4.99 Å². The lowest BCUT2D eigenvalue weighted by Crippen LogP contribution is -2.17. The van der Waals surface area contributed by atoms with E-state index in [-0.39, 0.29) is 12.3 Å². The van der Waals surface area contributed by atoms with Crippen LogP contribution in [0.5, 0.6) is 0 Å². The summed E-state index contributed by atoms with van der Waals surface area (Å²) >= 11 is 1.36. The van der Waals surface area contributed by atoms with Crippen LogP contribution in [0.25, 0.3) is 0 Å². The molecule has 0 saturated carbocycles. The number of benzene rings is 1. The molecule has 0 bridgehead atoms. The summed E-state index contributed by atoms with van der Waals surface area (Å²) < 4.78 is 28.4. The number of alkyl halides is 2. The van der Waals surface area contributed by atoms with E-state index in [0.29, 0.717) is 33.0 Å². The number of thiazole rings is 1. The van der Waals surface area contributed by atoms with Crippen molar-refractivity contribution in [3.8, 4) is 0 Å². The molecular formula is C18H18F2N4OS. The Morgan fingerprint density at radius 2 is 2.00 bits per heavy atom. The van der Waals surface area contributed by atoms with E-state index in [4.69, 9.17) is 0 Å². The Labute approximate surface area is 153 Å². The van der Waals surface area contributed by atoms with E-state index in [0.717, 1.165) is 5.56 Å². The lowest BCUT2D eigenvalue weighted by Gasteiger charge is -2.03. The number of aryl methyl sites for hydroxylation is 1. The third-order valence-electron chi connectivity index (χ3n) is 4.06. The highest BCUT2D eigenvalue weighted by molar-refractivity contribution is 7.07. The van der Waals surface area contributed by atoms with Gasteiger partial charge in [-0.2, -0.15) is 18.9 Å². The summed E-state index contributed by atoms with van der Waals surface area (Å²) in [5.74, 6) is -0.380. The van der Waals surface area contributed by atoms with Crippen LogP contribution in [0.15, 0.2) is 46.9 Å². The summed E-state index contributed by atoms with van der Waals surface area (Å²) in [7, 11) is 0. The van der Waals surface area contributed by atoms with Gasteiger partial charge < -0.3 is 4.57 Å². The SMILES string of the molecule is Cc1nn(C(F)F)c(C)c1CC(=O)N=c1sccn1Cc1ccccc1. The van der Waals surface area contributed by atoms with Gasteiger partial charge in [-0.15, -0.1) is 11.3 Å². The number of hydrogen-bond donors (Lipinski definition) is 0. The fourth-order valence-corrected chi connectivity index (χ4v) is 3.47. The van der Waals surface area contributed by atoms with E-state index < -0.39 is 6.55 Å². The average Bonchev–Trinajstić information content (AvgIpc) is 3.15. The van der Waals surface area contributed by atoms with Gasteiger partial charge >= 0.3 is 6.55 Å². The van der Waals surface area contributed by atoms with Crippen molar-refractivity contribution in [1.82, 2.24) is 14.3 Å². The number of aromatic nitrogens is 3. The molecule has 136 valence electrons. The number of rotatable bonds is 5. The summed E-state index contributed by atoms with van der Waals surface area (Å²) in [5.41, 5.74) is 2.33. The molecule has 1 amide bonds. The standard InChI is InChI=1S/C18H18F2N4OS/c1-12-15(13(2)24(22-12)17(19)20)10-16(25)21-18-23(8-9-26-18)11-14-6-4-3-5-7-14/h3-9,17H,10-11H2,1-2H3. The molecule has 3 rings (SSSR count). The number of hydrogen-bond acceptors (Lipinski definition) is 3. The second kappa shape index (κ2) is 7.74. The van der Waals surface area contributed by atoms with Crippen LogP contribution >= 0.6 is 11.3 Å².